The molecule has 3 aromatic rings. The largest absolute Gasteiger partial charge is 0.364 e. The third-order valence-corrected chi connectivity index (χ3v) is 6.37. The minimum absolute atomic E-state index is 0.0456. The predicted octanol–water partition coefficient (Wildman–Crippen LogP) is 2.92. The van der Waals surface area contributed by atoms with E-state index in [-0.39, 0.29) is 43.1 Å². The Bertz CT molecular complexity index is 1120. The number of carbonyl (C=O) groups is 3. The monoisotopic (exact) mass is 446 g/mol. The van der Waals surface area contributed by atoms with Crippen LogP contribution >= 0.6 is 0 Å². The van der Waals surface area contributed by atoms with E-state index in [1.165, 1.54) is 16.1 Å². The zero-order valence-corrected chi connectivity index (χ0v) is 18.7. The van der Waals surface area contributed by atoms with Crippen LogP contribution < -0.4 is 0 Å². The van der Waals surface area contributed by atoms with Gasteiger partial charge < -0.3 is 9.42 Å². The highest BCUT2D eigenvalue weighted by atomic mass is 16.5. The molecule has 8 nitrogen and oxygen atoms in total. The molecule has 0 bridgehead atoms. The van der Waals surface area contributed by atoms with Crippen molar-refractivity contribution in [3.8, 4) is 0 Å². The first-order valence-electron chi connectivity index (χ1n) is 10.9. The highest BCUT2D eigenvalue weighted by Crippen LogP contribution is 2.40. The molecule has 0 spiro atoms. The molecule has 0 saturated carbocycles. The third-order valence-electron chi connectivity index (χ3n) is 6.37. The van der Waals surface area contributed by atoms with Crippen LogP contribution in [0.5, 0.6) is 0 Å². The molecule has 0 unspecified atom stereocenters. The lowest BCUT2D eigenvalue weighted by Crippen LogP contribution is -2.43. The number of carbonyl (C=O) groups excluding carboxylic acids is 3. The second kappa shape index (κ2) is 9.36. The molecular formula is C25H26N4O4. The van der Waals surface area contributed by atoms with E-state index in [2.05, 4.69) is 10.1 Å². The Morgan fingerprint density at radius 1 is 1.15 bits per heavy atom. The molecule has 1 fully saturated rings. The van der Waals surface area contributed by atoms with Crippen molar-refractivity contribution >= 4 is 17.7 Å². The molecule has 1 saturated heterocycles. The number of benzene rings is 1. The predicted molar refractivity (Wildman–Crippen MR) is 120 cm³/mol. The van der Waals surface area contributed by atoms with E-state index in [0.717, 1.165) is 5.69 Å². The maximum atomic E-state index is 13.7. The van der Waals surface area contributed by atoms with E-state index < -0.39 is 5.41 Å². The van der Waals surface area contributed by atoms with Crippen molar-refractivity contribution in [1.82, 2.24) is 19.9 Å². The van der Waals surface area contributed by atoms with E-state index in [1.54, 1.807) is 19.3 Å². The molecule has 8 heteroatoms. The minimum Gasteiger partial charge on any atom is -0.364 e. The lowest BCUT2D eigenvalue weighted by Gasteiger charge is -2.31. The fourth-order valence-corrected chi connectivity index (χ4v) is 4.26. The van der Waals surface area contributed by atoms with Gasteiger partial charge in [0.2, 0.25) is 17.7 Å². The number of hydrogen-bond donors (Lipinski definition) is 0. The minimum atomic E-state index is -1.24. The van der Waals surface area contributed by atoms with Gasteiger partial charge in [-0.1, -0.05) is 41.6 Å². The Labute approximate surface area is 192 Å². The maximum Gasteiger partial charge on any atom is 0.240 e. The molecule has 33 heavy (non-hydrogen) atoms. The molecule has 1 aliphatic heterocycles. The number of imide groups is 1. The van der Waals surface area contributed by atoms with Gasteiger partial charge in [0, 0.05) is 50.8 Å². The van der Waals surface area contributed by atoms with Gasteiger partial charge in [0.25, 0.3) is 0 Å². The Morgan fingerprint density at radius 3 is 2.58 bits per heavy atom. The van der Waals surface area contributed by atoms with Crippen LogP contribution in [0.4, 0.5) is 0 Å². The highest BCUT2D eigenvalue weighted by molar-refractivity contribution is 6.10. The van der Waals surface area contributed by atoms with Crippen molar-refractivity contribution in [1.29, 1.82) is 0 Å². The smallest absolute Gasteiger partial charge is 0.240 e. The molecule has 0 N–H and O–H groups in total. The van der Waals surface area contributed by atoms with Crippen LogP contribution in [-0.4, -0.2) is 51.3 Å². The summed E-state index contributed by atoms with van der Waals surface area (Å²) < 4.78 is 4.90. The number of amides is 3. The number of nitrogens with zero attached hydrogens (tertiary/aromatic N) is 4. The van der Waals surface area contributed by atoms with Gasteiger partial charge in [-0.2, -0.15) is 0 Å². The molecule has 1 aromatic carbocycles. The zero-order chi connectivity index (χ0) is 23.4. The van der Waals surface area contributed by atoms with Gasteiger partial charge in [-0.25, -0.2) is 0 Å². The van der Waals surface area contributed by atoms with E-state index in [1.807, 2.05) is 55.5 Å². The van der Waals surface area contributed by atoms with Crippen LogP contribution in [0.25, 0.3) is 0 Å². The zero-order valence-electron chi connectivity index (χ0n) is 18.7. The first-order valence-corrected chi connectivity index (χ1v) is 10.9. The normalized spacial score (nSPS) is 19.0. The van der Waals surface area contributed by atoms with Gasteiger partial charge in [0.1, 0.15) is 12.0 Å². The first kappa shape index (κ1) is 22.4. The number of pyridine rings is 1. The topological polar surface area (TPSA) is 96.6 Å². The summed E-state index contributed by atoms with van der Waals surface area (Å²) in [7, 11) is 1.67. The summed E-state index contributed by atoms with van der Waals surface area (Å²) in [5.74, 6) is -0.868. The van der Waals surface area contributed by atoms with Crippen LogP contribution in [0.3, 0.4) is 0 Å². The Hall–Kier alpha value is -3.81. The van der Waals surface area contributed by atoms with Crippen molar-refractivity contribution in [3.05, 3.63) is 84.0 Å². The van der Waals surface area contributed by atoms with Crippen molar-refractivity contribution in [2.45, 2.75) is 37.6 Å². The molecule has 4 rings (SSSR count). The van der Waals surface area contributed by atoms with E-state index in [9.17, 15) is 14.4 Å². The summed E-state index contributed by atoms with van der Waals surface area (Å²) in [5, 5.41) is 3.92. The van der Waals surface area contributed by atoms with Gasteiger partial charge in [-0.3, -0.25) is 24.3 Å². The lowest BCUT2D eigenvalue weighted by molar-refractivity contribution is -0.142. The van der Waals surface area contributed by atoms with Gasteiger partial charge in [-0.05, 0) is 24.6 Å². The van der Waals surface area contributed by atoms with Gasteiger partial charge in [-0.15, -0.1) is 0 Å². The lowest BCUT2D eigenvalue weighted by atomic mass is 9.75. The molecule has 0 radical (unpaired) electrons. The fourth-order valence-electron chi connectivity index (χ4n) is 4.26. The Morgan fingerprint density at radius 2 is 1.91 bits per heavy atom. The Balaban J connectivity index is 1.59. The molecule has 2 atom stereocenters. The maximum absolute atomic E-state index is 13.7. The van der Waals surface area contributed by atoms with Crippen molar-refractivity contribution < 1.29 is 18.9 Å². The molecule has 170 valence electrons. The molecule has 1 aliphatic rings. The highest BCUT2D eigenvalue weighted by Gasteiger charge is 2.53. The summed E-state index contributed by atoms with van der Waals surface area (Å²) in [6.07, 6.45) is 3.44. The molecule has 0 aliphatic carbocycles. The molecular weight excluding hydrogens is 420 g/mol. The van der Waals surface area contributed by atoms with Crippen molar-refractivity contribution in [2.24, 2.45) is 0 Å². The van der Waals surface area contributed by atoms with Gasteiger partial charge in [0.15, 0.2) is 0 Å². The molecule has 3 amide bonds. The number of aromatic nitrogens is 2. The summed E-state index contributed by atoms with van der Waals surface area (Å²) >= 11 is 0. The third kappa shape index (κ3) is 4.41. The quantitative estimate of drug-likeness (QED) is 0.494. The molecule has 3 heterocycles. The average molecular weight is 447 g/mol. The van der Waals surface area contributed by atoms with E-state index in [0.29, 0.717) is 17.7 Å². The number of rotatable bonds is 8. The standard InChI is InChI=1S/C25H26N4O4/c1-18(21-12-15-33-27-21)28(2)22(30)16-25(19-8-4-3-5-9-19)17-23(31)29(24(25)32)14-11-20-10-6-7-13-26-20/h3-10,12-13,15,18H,11,14,16-17H2,1-2H3/t18-,25-/m1/s1. The van der Waals surface area contributed by atoms with Crippen LogP contribution in [0, 0.1) is 0 Å². The Kier molecular flexibility index (Phi) is 6.35. The second-order valence-corrected chi connectivity index (χ2v) is 8.33. The van der Waals surface area contributed by atoms with E-state index >= 15 is 0 Å². The van der Waals surface area contributed by atoms with Crippen LogP contribution in [0.2, 0.25) is 0 Å². The average Bonchev–Trinajstić information content (AvgIpc) is 3.46. The number of hydrogen-bond acceptors (Lipinski definition) is 6. The van der Waals surface area contributed by atoms with Crippen molar-refractivity contribution in [3.63, 3.8) is 0 Å². The fraction of sp³-hybridized carbons (Fsp3) is 0.320. The summed E-state index contributed by atoms with van der Waals surface area (Å²) in [5.41, 5.74) is 0.842. The molecule has 2 aromatic heterocycles. The van der Waals surface area contributed by atoms with Crippen molar-refractivity contribution in [2.75, 3.05) is 13.6 Å². The summed E-state index contributed by atoms with van der Waals surface area (Å²) in [6, 6.07) is 16.0. The van der Waals surface area contributed by atoms with E-state index in [4.69, 9.17) is 4.52 Å². The van der Waals surface area contributed by atoms with Gasteiger partial charge >= 0.3 is 0 Å². The summed E-state index contributed by atoms with van der Waals surface area (Å²) in [4.78, 5) is 47.1. The summed E-state index contributed by atoms with van der Waals surface area (Å²) in [6.45, 7) is 2.06. The van der Waals surface area contributed by atoms with Gasteiger partial charge in [0.05, 0.1) is 11.5 Å². The van der Waals surface area contributed by atoms with Crippen LogP contribution in [0.15, 0.2) is 71.6 Å². The first-order chi connectivity index (χ1) is 15.9. The number of likely N-dealkylation sites (tertiary alicyclic amines) is 1. The second-order valence-electron chi connectivity index (χ2n) is 8.33. The van der Waals surface area contributed by atoms with Crippen LogP contribution in [0.1, 0.15) is 42.8 Å². The van der Waals surface area contributed by atoms with Crippen LogP contribution in [-0.2, 0) is 26.2 Å². The SMILES string of the molecule is C[C@H](c1ccon1)N(C)C(=O)C[C@]1(c2ccccc2)CC(=O)N(CCc2ccccn2)C1=O.